The van der Waals surface area contributed by atoms with E-state index in [9.17, 15) is 18.0 Å². The van der Waals surface area contributed by atoms with Crippen molar-refractivity contribution >= 4 is 21.7 Å². The first-order chi connectivity index (χ1) is 8.29. The Hall–Kier alpha value is -1.04. The van der Waals surface area contributed by atoms with Crippen molar-refractivity contribution in [1.82, 2.24) is 0 Å². The van der Waals surface area contributed by atoms with E-state index in [0.29, 0.717) is 0 Å². The van der Waals surface area contributed by atoms with Gasteiger partial charge in [-0.05, 0) is 19.9 Å². The van der Waals surface area contributed by atoms with Gasteiger partial charge in [0.1, 0.15) is 11.3 Å². The zero-order chi connectivity index (χ0) is 13.9. The van der Waals surface area contributed by atoms with Crippen LogP contribution in [0.2, 0.25) is 0 Å². The maximum absolute atomic E-state index is 13.0. The van der Waals surface area contributed by atoms with Gasteiger partial charge >= 0.3 is 6.18 Å². The average Bonchev–Trinajstić information content (AvgIpc) is 2.26. The summed E-state index contributed by atoms with van der Waals surface area (Å²) in [5.41, 5.74) is -1.39. The van der Waals surface area contributed by atoms with E-state index in [2.05, 4.69) is 15.9 Å². The van der Waals surface area contributed by atoms with Gasteiger partial charge in [0, 0.05) is 5.56 Å². The maximum atomic E-state index is 13.0. The number of carbonyl (C=O) groups excluding carboxylic acids is 1. The van der Waals surface area contributed by atoms with Crippen molar-refractivity contribution < 1.29 is 22.7 Å². The van der Waals surface area contributed by atoms with Crippen molar-refractivity contribution in [2.24, 2.45) is 0 Å². The molecule has 0 heterocycles. The average molecular weight is 325 g/mol. The Morgan fingerprint density at radius 2 is 2.06 bits per heavy atom. The predicted octanol–water partition coefficient (Wildman–Crippen LogP) is 4.07. The first kappa shape index (κ1) is 15.0. The Bertz CT molecular complexity index is 441. The van der Waals surface area contributed by atoms with Crippen LogP contribution in [-0.4, -0.2) is 17.2 Å². The molecule has 0 saturated carbocycles. The van der Waals surface area contributed by atoms with Gasteiger partial charge in [-0.25, -0.2) is 0 Å². The van der Waals surface area contributed by atoms with E-state index in [1.807, 2.05) is 0 Å². The molecule has 0 aliphatic carbocycles. The van der Waals surface area contributed by atoms with Gasteiger partial charge in [-0.2, -0.15) is 13.2 Å². The fraction of sp³-hybridized carbons (Fsp3) is 0.417. The number of hydrogen-bond donors (Lipinski definition) is 0. The summed E-state index contributed by atoms with van der Waals surface area (Å²) in [6.07, 6.45) is -4.63. The van der Waals surface area contributed by atoms with Gasteiger partial charge in [0.25, 0.3) is 0 Å². The lowest BCUT2D eigenvalue weighted by Crippen LogP contribution is -2.19. The van der Waals surface area contributed by atoms with Crippen LogP contribution in [0, 0.1) is 0 Å². The molecule has 1 unspecified atom stereocenters. The van der Waals surface area contributed by atoms with E-state index >= 15 is 0 Å². The van der Waals surface area contributed by atoms with Gasteiger partial charge in [-0.15, -0.1) is 0 Å². The van der Waals surface area contributed by atoms with Crippen LogP contribution in [0.25, 0.3) is 0 Å². The largest absolute Gasteiger partial charge is 0.493 e. The van der Waals surface area contributed by atoms with Crippen LogP contribution < -0.4 is 4.74 Å². The number of benzene rings is 1. The van der Waals surface area contributed by atoms with E-state index < -0.39 is 22.4 Å². The number of ketones is 1. The molecule has 0 amide bonds. The standard InChI is InChI=1S/C12H12BrF3O2/c1-3-18-9-6-4-5-8(11(17)7(2)13)10(9)12(14,15)16/h4-7H,3H2,1-2H3. The van der Waals surface area contributed by atoms with E-state index in [4.69, 9.17) is 4.74 Å². The molecule has 0 aliphatic heterocycles. The molecular formula is C12H12BrF3O2. The second-order valence-electron chi connectivity index (χ2n) is 3.59. The molecule has 0 bridgehead atoms. The SMILES string of the molecule is CCOc1cccc(C(=O)C(C)Br)c1C(F)(F)F. The summed E-state index contributed by atoms with van der Waals surface area (Å²) in [7, 11) is 0. The third-order valence-corrected chi connectivity index (χ3v) is 2.65. The lowest BCUT2D eigenvalue weighted by Gasteiger charge is -2.17. The molecule has 0 N–H and O–H groups in total. The Morgan fingerprint density at radius 3 is 2.50 bits per heavy atom. The molecule has 2 nitrogen and oxygen atoms in total. The quantitative estimate of drug-likeness (QED) is 0.616. The van der Waals surface area contributed by atoms with Crippen LogP contribution >= 0.6 is 15.9 Å². The van der Waals surface area contributed by atoms with E-state index in [0.717, 1.165) is 6.07 Å². The highest BCUT2D eigenvalue weighted by Gasteiger charge is 2.39. The van der Waals surface area contributed by atoms with E-state index in [-0.39, 0.29) is 17.9 Å². The Kier molecular flexibility index (Phi) is 4.78. The molecule has 0 aromatic heterocycles. The number of ether oxygens (including phenoxy) is 1. The molecule has 0 radical (unpaired) electrons. The normalized spacial score (nSPS) is 13.2. The summed E-state index contributed by atoms with van der Waals surface area (Å²) in [5.74, 6) is -0.937. The molecule has 1 rings (SSSR count). The van der Waals surface area contributed by atoms with Crippen molar-refractivity contribution in [3.05, 3.63) is 29.3 Å². The molecule has 1 atom stereocenters. The molecule has 1 aromatic rings. The fourth-order valence-electron chi connectivity index (χ4n) is 1.52. The topological polar surface area (TPSA) is 26.3 Å². The molecule has 1 aromatic carbocycles. The maximum Gasteiger partial charge on any atom is 0.420 e. The van der Waals surface area contributed by atoms with Crippen LogP contribution in [0.4, 0.5) is 13.2 Å². The zero-order valence-corrected chi connectivity index (χ0v) is 11.4. The number of halogens is 4. The van der Waals surface area contributed by atoms with Gasteiger partial charge in [-0.3, -0.25) is 4.79 Å². The van der Waals surface area contributed by atoms with E-state index in [1.54, 1.807) is 6.92 Å². The van der Waals surface area contributed by atoms with Crippen LogP contribution in [-0.2, 0) is 6.18 Å². The third kappa shape index (κ3) is 3.25. The first-order valence-corrected chi connectivity index (χ1v) is 6.21. The summed E-state index contributed by atoms with van der Waals surface area (Å²) in [6, 6.07) is 3.75. The minimum Gasteiger partial charge on any atom is -0.493 e. The summed E-state index contributed by atoms with van der Waals surface area (Å²) < 4.78 is 44.0. The van der Waals surface area contributed by atoms with Gasteiger partial charge in [0.2, 0.25) is 0 Å². The van der Waals surface area contributed by atoms with Crippen molar-refractivity contribution in [2.75, 3.05) is 6.61 Å². The van der Waals surface area contributed by atoms with E-state index in [1.165, 1.54) is 19.1 Å². The van der Waals surface area contributed by atoms with Crippen LogP contribution in [0.1, 0.15) is 29.8 Å². The molecule has 0 aliphatic rings. The van der Waals surface area contributed by atoms with Gasteiger partial charge in [0.15, 0.2) is 5.78 Å². The molecule has 6 heteroatoms. The summed E-state index contributed by atoms with van der Waals surface area (Å²) in [6.45, 7) is 3.17. The van der Waals surface area contributed by atoms with Gasteiger partial charge < -0.3 is 4.74 Å². The number of carbonyl (C=O) groups is 1. The Balaban J connectivity index is 3.42. The molecule has 18 heavy (non-hydrogen) atoms. The minimum absolute atomic E-state index is 0.102. The number of Topliss-reactive ketones (excluding diaryl/α,β-unsaturated/α-hetero) is 1. The highest BCUT2D eigenvalue weighted by Crippen LogP contribution is 2.39. The lowest BCUT2D eigenvalue weighted by molar-refractivity contribution is -0.139. The molecule has 0 spiro atoms. The highest BCUT2D eigenvalue weighted by molar-refractivity contribution is 9.10. The van der Waals surface area contributed by atoms with Crippen molar-refractivity contribution in [2.45, 2.75) is 24.9 Å². The molecule has 0 fully saturated rings. The second-order valence-corrected chi connectivity index (χ2v) is 4.96. The van der Waals surface area contributed by atoms with Gasteiger partial charge in [0.05, 0.1) is 11.4 Å². The monoisotopic (exact) mass is 324 g/mol. The smallest absolute Gasteiger partial charge is 0.420 e. The first-order valence-electron chi connectivity index (χ1n) is 5.30. The van der Waals surface area contributed by atoms with Crippen LogP contribution in [0.15, 0.2) is 18.2 Å². The van der Waals surface area contributed by atoms with Crippen molar-refractivity contribution in [3.8, 4) is 5.75 Å². The van der Waals surface area contributed by atoms with Crippen molar-refractivity contribution in [1.29, 1.82) is 0 Å². The van der Waals surface area contributed by atoms with Gasteiger partial charge in [-0.1, -0.05) is 28.1 Å². The second kappa shape index (κ2) is 5.73. The summed E-state index contributed by atoms with van der Waals surface area (Å²) in [5, 5.41) is 0. The highest BCUT2D eigenvalue weighted by atomic mass is 79.9. The number of hydrogen-bond acceptors (Lipinski definition) is 2. The molecular weight excluding hydrogens is 313 g/mol. The number of alkyl halides is 4. The van der Waals surface area contributed by atoms with Crippen LogP contribution in [0.3, 0.4) is 0 Å². The van der Waals surface area contributed by atoms with Crippen molar-refractivity contribution in [3.63, 3.8) is 0 Å². The third-order valence-electron chi connectivity index (χ3n) is 2.24. The summed E-state index contributed by atoms with van der Waals surface area (Å²) >= 11 is 2.98. The molecule has 0 saturated heterocycles. The Labute approximate surface area is 111 Å². The Morgan fingerprint density at radius 1 is 1.44 bits per heavy atom. The van der Waals surface area contributed by atoms with Crippen LogP contribution in [0.5, 0.6) is 5.75 Å². The lowest BCUT2D eigenvalue weighted by atomic mass is 10.0. The molecule has 100 valence electrons. The predicted molar refractivity (Wildman–Crippen MR) is 65.3 cm³/mol. The minimum atomic E-state index is -4.63. The summed E-state index contributed by atoms with van der Waals surface area (Å²) in [4.78, 5) is 11.1. The zero-order valence-electron chi connectivity index (χ0n) is 9.84. The fourth-order valence-corrected chi connectivity index (χ4v) is 1.77. The number of rotatable bonds is 4.